The number of nitrogens with zero attached hydrogens (tertiary/aromatic N) is 6. The Kier molecular flexibility index (Phi) is 8.42. The molecule has 2 aliphatic rings. The molecule has 11 nitrogen and oxygen atoms in total. The Balaban J connectivity index is 1.49. The molecule has 0 spiro atoms. The number of fused-ring (bicyclic) bond motifs is 1. The van der Waals surface area contributed by atoms with Gasteiger partial charge in [0, 0.05) is 42.1 Å². The van der Waals surface area contributed by atoms with E-state index in [9.17, 15) is 9.00 Å². The molecule has 4 aromatic rings. The molecule has 0 bridgehead atoms. The highest BCUT2D eigenvalue weighted by atomic mass is 32.2. The lowest BCUT2D eigenvalue weighted by Crippen LogP contribution is -2.44. The second-order valence-electron chi connectivity index (χ2n) is 10.8. The number of rotatable bonds is 6. The van der Waals surface area contributed by atoms with E-state index >= 15 is 0 Å². The van der Waals surface area contributed by atoms with Crippen LogP contribution < -0.4 is 4.90 Å². The number of aromatic nitrogens is 4. The summed E-state index contributed by atoms with van der Waals surface area (Å²) in [6.07, 6.45) is 7.07. The molecule has 12 heteroatoms. The minimum absolute atomic E-state index is 0.143. The van der Waals surface area contributed by atoms with E-state index in [1.807, 2.05) is 28.9 Å². The van der Waals surface area contributed by atoms with E-state index in [0.29, 0.717) is 24.7 Å². The predicted octanol–water partition coefficient (Wildman–Crippen LogP) is 5.70. The molecule has 1 unspecified atom stereocenters. The summed E-state index contributed by atoms with van der Waals surface area (Å²) in [5.41, 5.74) is 4.20. The number of hydrogen-bond acceptors (Lipinski definition) is 9. The van der Waals surface area contributed by atoms with Crippen molar-refractivity contribution in [3.8, 4) is 22.5 Å². The first-order valence-corrected chi connectivity index (χ1v) is 16.6. The summed E-state index contributed by atoms with van der Waals surface area (Å²) in [7, 11) is -2.97. The Morgan fingerprint density at radius 1 is 1.14 bits per heavy atom. The standard InChI is InChI=1S/C31H36N6O5S/c1-4-41-31(38)35-43(3,39)23-10-8-22(9-11-23)25-19-27(36-16-18-40-20-21(36)2)34-29-24(25)12-14-32-30(29)26-13-15-33-37(26)28-7-5-6-17-42-28/h8-15,19,21,28H,4-7,16-18,20H2,1-3H3/t21-,28?,43+/m1/s1. The molecule has 3 aromatic heterocycles. The maximum Gasteiger partial charge on any atom is 0.442 e. The summed E-state index contributed by atoms with van der Waals surface area (Å²) in [6, 6.07) is 13.5. The lowest BCUT2D eigenvalue weighted by Gasteiger charge is -2.34. The van der Waals surface area contributed by atoms with Crippen LogP contribution in [0.2, 0.25) is 0 Å². The summed E-state index contributed by atoms with van der Waals surface area (Å²) >= 11 is 0. The van der Waals surface area contributed by atoms with Crippen molar-refractivity contribution < 1.29 is 23.2 Å². The van der Waals surface area contributed by atoms with E-state index in [1.54, 1.807) is 31.5 Å². The number of hydrogen-bond donors (Lipinski definition) is 0. The highest BCUT2D eigenvalue weighted by Gasteiger charge is 2.25. The first kappa shape index (κ1) is 29.2. The number of anilines is 1. The Bertz CT molecular complexity index is 1740. The van der Waals surface area contributed by atoms with Gasteiger partial charge in [-0.3, -0.25) is 4.98 Å². The minimum Gasteiger partial charge on any atom is -0.448 e. The maximum atomic E-state index is 13.2. The normalized spacial score (nSPS) is 20.5. The SMILES string of the molecule is CCOC(=O)N=[S@@](C)(=O)c1ccc(-c2cc(N3CCOC[C@H]3C)nc3c(-c4ccnn4C4CCCCO4)nccc23)cc1. The third-order valence-corrected chi connectivity index (χ3v) is 9.48. The number of carbonyl (C=O) groups excluding carboxylic acids is 1. The molecule has 226 valence electrons. The molecular weight excluding hydrogens is 568 g/mol. The number of pyridine rings is 2. The molecule has 0 radical (unpaired) electrons. The van der Waals surface area contributed by atoms with Gasteiger partial charge >= 0.3 is 6.09 Å². The summed E-state index contributed by atoms with van der Waals surface area (Å²) < 4.78 is 35.6. The van der Waals surface area contributed by atoms with Crippen LogP contribution in [0.1, 0.15) is 39.3 Å². The molecule has 1 amide bonds. The van der Waals surface area contributed by atoms with E-state index < -0.39 is 15.8 Å². The molecule has 3 atom stereocenters. The first-order valence-electron chi connectivity index (χ1n) is 14.6. The van der Waals surface area contributed by atoms with Crippen LogP contribution >= 0.6 is 0 Å². The number of benzene rings is 1. The van der Waals surface area contributed by atoms with Gasteiger partial charge in [0.15, 0.2) is 6.23 Å². The van der Waals surface area contributed by atoms with Crippen molar-refractivity contribution >= 4 is 32.5 Å². The van der Waals surface area contributed by atoms with Crippen LogP contribution in [0.4, 0.5) is 10.6 Å². The molecule has 5 heterocycles. The lowest BCUT2D eigenvalue weighted by atomic mass is 10.00. The Hall–Kier alpha value is -3.87. The molecule has 2 saturated heterocycles. The van der Waals surface area contributed by atoms with Crippen LogP contribution in [-0.2, 0) is 23.9 Å². The maximum absolute atomic E-state index is 13.2. The van der Waals surface area contributed by atoms with E-state index in [2.05, 4.69) is 27.4 Å². The first-order chi connectivity index (χ1) is 20.9. The van der Waals surface area contributed by atoms with E-state index in [1.165, 1.54) is 6.26 Å². The third-order valence-electron chi connectivity index (χ3n) is 7.84. The smallest absolute Gasteiger partial charge is 0.442 e. The zero-order chi connectivity index (χ0) is 30.0. The van der Waals surface area contributed by atoms with E-state index in [0.717, 1.165) is 65.0 Å². The van der Waals surface area contributed by atoms with Crippen LogP contribution in [0, 0.1) is 0 Å². The van der Waals surface area contributed by atoms with E-state index in [-0.39, 0.29) is 18.9 Å². The van der Waals surface area contributed by atoms with Crippen LogP contribution in [0.3, 0.4) is 0 Å². The van der Waals surface area contributed by atoms with Crippen molar-refractivity contribution in [3.63, 3.8) is 0 Å². The zero-order valence-corrected chi connectivity index (χ0v) is 25.5. The van der Waals surface area contributed by atoms with Gasteiger partial charge in [-0.2, -0.15) is 5.10 Å². The molecule has 0 saturated carbocycles. The summed E-state index contributed by atoms with van der Waals surface area (Å²) in [5, 5.41) is 5.54. The Labute approximate surface area is 251 Å². The van der Waals surface area contributed by atoms with Gasteiger partial charge in [-0.1, -0.05) is 12.1 Å². The molecule has 0 N–H and O–H groups in total. The van der Waals surface area contributed by atoms with Crippen LogP contribution in [0.5, 0.6) is 0 Å². The second-order valence-corrected chi connectivity index (χ2v) is 13.1. The van der Waals surface area contributed by atoms with Crippen LogP contribution in [0.25, 0.3) is 33.4 Å². The van der Waals surface area contributed by atoms with Gasteiger partial charge in [0.1, 0.15) is 17.0 Å². The fraction of sp³-hybridized carbons (Fsp3) is 0.419. The molecule has 2 fully saturated rings. The van der Waals surface area contributed by atoms with Crippen molar-refractivity contribution in [2.24, 2.45) is 4.36 Å². The largest absolute Gasteiger partial charge is 0.448 e. The quantitative estimate of drug-likeness (QED) is 0.273. The molecule has 2 aliphatic heterocycles. The van der Waals surface area contributed by atoms with Crippen molar-refractivity contribution in [1.29, 1.82) is 0 Å². The Morgan fingerprint density at radius 2 is 1.98 bits per heavy atom. The van der Waals surface area contributed by atoms with Crippen molar-refractivity contribution in [2.45, 2.75) is 50.3 Å². The molecule has 1 aromatic carbocycles. The van der Waals surface area contributed by atoms with Crippen LogP contribution in [-0.4, -0.2) is 75.3 Å². The van der Waals surface area contributed by atoms with Gasteiger partial charge in [0.05, 0.1) is 41.3 Å². The minimum atomic E-state index is -2.97. The zero-order valence-electron chi connectivity index (χ0n) is 24.6. The predicted molar refractivity (Wildman–Crippen MR) is 164 cm³/mol. The van der Waals surface area contributed by atoms with Crippen molar-refractivity contribution in [3.05, 3.63) is 54.9 Å². The molecule has 0 aliphatic carbocycles. The number of ether oxygens (including phenoxy) is 3. The molecular formula is C31H36N6O5S. The fourth-order valence-corrected chi connectivity index (χ4v) is 6.74. The summed E-state index contributed by atoms with van der Waals surface area (Å²) in [5.74, 6) is 0.827. The number of carbonyl (C=O) groups is 1. The van der Waals surface area contributed by atoms with Gasteiger partial charge in [-0.15, -0.1) is 4.36 Å². The number of amides is 1. The molecule has 6 rings (SSSR count). The van der Waals surface area contributed by atoms with Crippen molar-refractivity contribution in [2.75, 3.05) is 44.1 Å². The highest BCUT2D eigenvalue weighted by molar-refractivity contribution is 7.93. The highest BCUT2D eigenvalue weighted by Crippen LogP contribution is 2.37. The third kappa shape index (κ3) is 5.99. The summed E-state index contributed by atoms with van der Waals surface area (Å²) in [6.45, 7) is 6.64. The van der Waals surface area contributed by atoms with E-state index in [4.69, 9.17) is 24.2 Å². The summed E-state index contributed by atoms with van der Waals surface area (Å²) in [4.78, 5) is 24.7. The van der Waals surface area contributed by atoms with Crippen molar-refractivity contribution in [1.82, 2.24) is 19.7 Å². The topological polar surface area (TPSA) is 121 Å². The van der Waals surface area contributed by atoms with Gasteiger partial charge in [0.25, 0.3) is 0 Å². The van der Waals surface area contributed by atoms with Gasteiger partial charge < -0.3 is 19.1 Å². The number of morpholine rings is 1. The molecule has 43 heavy (non-hydrogen) atoms. The fourth-order valence-electron chi connectivity index (χ4n) is 5.66. The monoisotopic (exact) mass is 604 g/mol. The van der Waals surface area contributed by atoms with Gasteiger partial charge in [-0.05, 0) is 74.6 Å². The average Bonchev–Trinajstić information content (AvgIpc) is 3.51. The van der Waals surface area contributed by atoms with Gasteiger partial charge in [0.2, 0.25) is 0 Å². The lowest BCUT2D eigenvalue weighted by molar-refractivity contribution is -0.0383. The second kappa shape index (κ2) is 12.4. The average molecular weight is 605 g/mol. The van der Waals surface area contributed by atoms with Crippen LogP contribution in [0.15, 0.2) is 64.1 Å². The van der Waals surface area contributed by atoms with Gasteiger partial charge in [-0.25, -0.2) is 18.7 Å². The Morgan fingerprint density at radius 3 is 2.72 bits per heavy atom.